The van der Waals surface area contributed by atoms with Gasteiger partial charge in [-0.2, -0.15) is 0 Å². The molecule has 0 aliphatic heterocycles. The predicted octanol–water partition coefficient (Wildman–Crippen LogP) is 2.97. The van der Waals surface area contributed by atoms with Crippen molar-refractivity contribution >= 4 is 17.3 Å². The summed E-state index contributed by atoms with van der Waals surface area (Å²) in [4.78, 5) is 15.2. The summed E-state index contributed by atoms with van der Waals surface area (Å²) in [5.41, 5.74) is 0.390. The molecule has 1 saturated carbocycles. The number of carboxylic acid groups (broad SMARTS) is 1. The molecule has 1 aromatic rings. The summed E-state index contributed by atoms with van der Waals surface area (Å²) >= 11 is 1.54. The third kappa shape index (κ3) is 2.90. The van der Waals surface area contributed by atoms with E-state index in [-0.39, 0.29) is 12.0 Å². The van der Waals surface area contributed by atoms with Crippen molar-refractivity contribution in [2.75, 3.05) is 6.61 Å². The van der Waals surface area contributed by atoms with E-state index in [9.17, 15) is 4.79 Å². The third-order valence-electron chi connectivity index (χ3n) is 3.36. The van der Waals surface area contributed by atoms with Gasteiger partial charge in [-0.3, -0.25) is 4.79 Å². The van der Waals surface area contributed by atoms with Crippen LogP contribution in [0.5, 0.6) is 0 Å². The Kier molecular flexibility index (Phi) is 4.35. The molecule has 0 spiro atoms. The maximum Gasteiger partial charge on any atom is 0.309 e. The zero-order chi connectivity index (χ0) is 13.0. The molecule has 0 atom stereocenters. The molecule has 18 heavy (non-hydrogen) atoms. The minimum Gasteiger partial charge on any atom is -0.481 e. The van der Waals surface area contributed by atoms with E-state index >= 15 is 0 Å². The number of carboxylic acids is 1. The fraction of sp³-hybridized carbons (Fsp3) is 0.692. The van der Waals surface area contributed by atoms with Gasteiger partial charge < -0.3 is 9.84 Å². The molecule has 2 rings (SSSR count). The molecule has 4 nitrogen and oxygen atoms in total. The van der Waals surface area contributed by atoms with Crippen molar-refractivity contribution in [1.82, 2.24) is 4.98 Å². The number of carbonyl (C=O) groups is 1. The Hall–Kier alpha value is -0.940. The third-order valence-corrected chi connectivity index (χ3v) is 4.43. The van der Waals surface area contributed by atoms with Crippen LogP contribution in [-0.4, -0.2) is 22.7 Å². The van der Waals surface area contributed by atoms with Crippen LogP contribution >= 0.6 is 11.3 Å². The van der Waals surface area contributed by atoms with E-state index in [0.717, 1.165) is 30.7 Å². The molecular formula is C13H19NO3S. The quantitative estimate of drug-likeness (QED) is 0.892. The van der Waals surface area contributed by atoms with Gasteiger partial charge in [0.05, 0.1) is 12.1 Å². The van der Waals surface area contributed by atoms with Crippen LogP contribution in [0, 0.1) is 0 Å². The van der Waals surface area contributed by atoms with Gasteiger partial charge in [-0.1, -0.05) is 19.3 Å². The highest BCUT2D eigenvalue weighted by atomic mass is 32.1. The molecule has 1 N–H and O–H groups in total. The summed E-state index contributed by atoms with van der Waals surface area (Å²) in [5.74, 6) is -0.832. The number of thiazole rings is 1. The van der Waals surface area contributed by atoms with Gasteiger partial charge in [0, 0.05) is 12.0 Å². The Balaban J connectivity index is 2.19. The zero-order valence-electron chi connectivity index (χ0n) is 10.6. The minimum atomic E-state index is -0.832. The fourth-order valence-corrected chi connectivity index (χ4v) is 3.60. The average Bonchev–Trinajstić information content (AvgIpc) is 2.79. The van der Waals surface area contributed by atoms with E-state index in [0.29, 0.717) is 12.3 Å². The lowest BCUT2D eigenvalue weighted by Crippen LogP contribution is -2.32. The molecule has 0 amide bonds. The van der Waals surface area contributed by atoms with E-state index in [1.165, 1.54) is 17.8 Å². The van der Waals surface area contributed by atoms with E-state index in [2.05, 4.69) is 4.98 Å². The van der Waals surface area contributed by atoms with E-state index in [1.807, 2.05) is 12.3 Å². The van der Waals surface area contributed by atoms with Crippen LogP contribution in [0.1, 0.15) is 49.7 Å². The second kappa shape index (κ2) is 5.80. The fourth-order valence-electron chi connectivity index (χ4n) is 2.57. The largest absolute Gasteiger partial charge is 0.481 e. The molecule has 0 aromatic carbocycles. The number of nitrogens with zero attached hydrogens (tertiary/aromatic N) is 1. The number of rotatable bonds is 5. The summed E-state index contributed by atoms with van der Waals surface area (Å²) in [7, 11) is 0. The van der Waals surface area contributed by atoms with Crippen molar-refractivity contribution in [3.8, 4) is 0 Å². The Bertz CT molecular complexity index is 405. The van der Waals surface area contributed by atoms with Gasteiger partial charge in [0.15, 0.2) is 0 Å². The lowest BCUT2D eigenvalue weighted by molar-refractivity contribution is -0.136. The first-order chi connectivity index (χ1) is 8.66. The van der Waals surface area contributed by atoms with E-state index in [4.69, 9.17) is 9.84 Å². The van der Waals surface area contributed by atoms with Gasteiger partial charge in [-0.05, 0) is 19.8 Å². The van der Waals surface area contributed by atoms with Gasteiger partial charge in [-0.25, -0.2) is 4.98 Å². The van der Waals surface area contributed by atoms with Crippen molar-refractivity contribution in [3.63, 3.8) is 0 Å². The molecule has 1 aliphatic rings. The molecule has 1 aliphatic carbocycles. The minimum absolute atomic E-state index is 0.00128. The van der Waals surface area contributed by atoms with Gasteiger partial charge in [0.25, 0.3) is 0 Å². The molecule has 1 heterocycles. The van der Waals surface area contributed by atoms with E-state index < -0.39 is 5.97 Å². The summed E-state index contributed by atoms with van der Waals surface area (Å²) in [6, 6.07) is 0. The van der Waals surface area contributed by atoms with Crippen LogP contribution in [-0.2, 0) is 21.6 Å². The normalized spacial score (nSPS) is 18.7. The van der Waals surface area contributed by atoms with Crippen LogP contribution in [0.4, 0.5) is 0 Å². The molecule has 0 saturated heterocycles. The monoisotopic (exact) mass is 269 g/mol. The molecular weight excluding hydrogens is 250 g/mol. The summed E-state index contributed by atoms with van der Waals surface area (Å²) in [6.07, 6.45) is 5.57. The molecule has 100 valence electrons. The molecule has 1 fully saturated rings. The van der Waals surface area contributed by atoms with Gasteiger partial charge in [0.2, 0.25) is 0 Å². The predicted molar refractivity (Wildman–Crippen MR) is 69.8 cm³/mol. The summed E-state index contributed by atoms with van der Waals surface area (Å²) in [6.45, 7) is 2.68. The molecule has 1 aromatic heterocycles. The highest BCUT2D eigenvalue weighted by Gasteiger charge is 2.37. The van der Waals surface area contributed by atoms with Crippen molar-refractivity contribution < 1.29 is 14.6 Å². The first kappa shape index (κ1) is 13.5. The number of ether oxygens (including phenoxy) is 1. The number of hydrogen-bond acceptors (Lipinski definition) is 4. The van der Waals surface area contributed by atoms with Gasteiger partial charge in [-0.15, -0.1) is 11.3 Å². The Morgan fingerprint density at radius 2 is 2.22 bits per heavy atom. The maximum atomic E-state index is 10.7. The van der Waals surface area contributed by atoms with Crippen LogP contribution in [0.3, 0.4) is 0 Å². The Labute approximate surface area is 111 Å². The van der Waals surface area contributed by atoms with Crippen LogP contribution in [0.25, 0.3) is 0 Å². The second-order valence-corrected chi connectivity index (χ2v) is 5.56. The number of aliphatic carboxylic acids is 1. The molecule has 0 unspecified atom stereocenters. The second-order valence-electron chi connectivity index (χ2n) is 4.70. The number of aromatic nitrogens is 1. The molecule has 0 radical (unpaired) electrons. The highest BCUT2D eigenvalue weighted by molar-refractivity contribution is 7.09. The number of hydrogen-bond donors (Lipinski definition) is 1. The van der Waals surface area contributed by atoms with Crippen molar-refractivity contribution in [3.05, 3.63) is 16.1 Å². The maximum absolute atomic E-state index is 10.7. The summed E-state index contributed by atoms with van der Waals surface area (Å²) < 4.78 is 5.98. The lowest BCUT2D eigenvalue weighted by atomic mass is 9.85. The van der Waals surface area contributed by atoms with Crippen molar-refractivity contribution in [2.24, 2.45) is 0 Å². The SMILES string of the molecule is CCOC1(c2nc(CC(=O)O)cs2)CCCCC1. The first-order valence-corrected chi connectivity index (χ1v) is 7.35. The smallest absolute Gasteiger partial charge is 0.309 e. The molecule has 0 bridgehead atoms. The van der Waals surface area contributed by atoms with E-state index in [1.54, 1.807) is 0 Å². The lowest BCUT2D eigenvalue weighted by Gasteiger charge is -2.35. The highest BCUT2D eigenvalue weighted by Crippen LogP contribution is 2.41. The van der Waals surface area contributed by atoms with Gasteiger partial charge in [0.1, 0.15) is 10.6 Å². The first-order valence-electron chi connectivity index (χ1n) is 6.47. The van der Waals surface area contributed by atoms with Crippen molar-refractivity contribution in [1.29, 1.82) is 0 Å². The topological polar surface area (TPSA) is 59.4 Å². The van der Waals surface area contributed by atoms with Crippen molar-refractivity contribution in [2.45, 2.75) is 51.0 Å². The standard InChI is InChI=1S/C13H19NO3S/c1-2-17-13(6-4-3-5-7-13)12-14-10(9-18-12)8-11(15)16/h9H,2-8H2,1H3,(H,15,16). The average molecular weight is 269 g/mol. The van der Waals surface area contributed by atoms with Gasteiger partial charge >= 0.3 is 5.97 Å². The van der Waals surface area contributed by atoms with Crippen LogP contribution in [0.2, 0.25) is 0 Å². The molecule has 5 heteroatoms. The summed E-state index contributed by atoms with van der Waals surface area (Å²) in [5, 5.41) is 11.6. The Morgan fingerprint density at radius 3 is 2.83 bits per heavy atom. The van der Waals surface area contributed by atoms with Crippen LogP contribution in [0.15, 0.2) is 5.38 Å². The Morgan fingerprint density at radius 1 is 1.50 bits per heavy atom. The zero-order valence-corrected chi connectivity index (χ0v) is 11.5. The van der Waals surface area contributed by atoms with Crippen LogP contribution < -0.4 is 0 Å².